The fourth-order valence-corrected chi connectivity index (χ4v) is 2.53. The van der Waals surface area contributed by atoms with E-state index in [9.17, 15) is 4.79 Å². The topological polar surface area (TPSA) is 71.8 Å². The largest absolute Gasteiger partial charge is 0.383 e. The summed E-state index contributed by atoms with van der Waals surface area (Å²) in [6.45, 7) is 0. The Morgan fingerprint density at radius 3 is 2.94 bits per heavy atom. The molecule has 4 heteroatoms. The molecule has 1 heterocycles. The van der Waals surface area contributed by atoms with E-state index < -0.39 is 0 Å². The third-order valence-electron chi connectivity index (χ3n) is 3.50. The van der Waals surface area contributed by atoms with E-state index in [2.05, 4.69) is 22.3 Å². The fourth-order valence-electron chi connectivity index (χ4n) is 2.53. The van der Waals surface area contributed by atoms with Crippen molar-refractivity contribution in [2.75, 3.05) is 5.73 Å². The molecule has 0 bridgehead atoms. The predicted molar refractivity (Wildman–Crippen MR) is 69.5 cm³/mol. The maximum absolute atomic E-state index is 12.1. The van der Waals surface area contributed by atoms with Crippen molar-refractivity contribution in [2.45, 2.75) is 25.7 Å². The van der Waals surface area contributed by atoms with Crippen LogP contribution in [0.4, 0.5) is 5.82 Å². The van der Waals surface area contributed by atoms with Crippen molar-refractivity contribution in [1.82, 2.24) is 10.2 Å². The first-order valence-electron chi connectivity index (χ1n) is 6.17. The second-order valence-electron chi connectivity index (χ2n) is 4.75. The zero-order valence-corrected chi connectivity index (χ0v) is 10.1. The first-order valence-corrected chi connectivity index (χ1v) is 6.17. The van der Waals surface area contributed by atoms with Gasteiger partial charge in [-0.25, -0.2) is 0 Å². The number of rotatable bonds is 3. The van der Waals surface area contributed by atoms with Crippen molar-refractivity contribution < 1.29 is 4.79 Å². The van der Waals surface area contributed by atoms with Crippen molar-refractivity contribution in [3.63, 3.8) is 0 Å². The quantitative estimate of drug-likeness (QED) is 0.806. The molecule has 3 rings (SSSR count). The van der Waals surface area contributed by atoms with Gasteiger partial charge in [0.1, 0.15) is 5.82 Å². The molecule has 0 spiro atoms. The minimum atomic E-state index is 0.0131. The Balaban J connectivity index is 1.81. The number of fused-ring (bicyclic) bond motifs is 1. The lowest BCUT2D eigenvalue weighted by Crippen LogP contribution is -2.05. The highest BCUT2D eigenvalue weighted by atomic mass is 16.1. The van der Waals surface area contributed by atoms with E-state index in [0.29, 0.717) is 17.8 Å². The summed E-state index contributed by atoms with van der Waals surface area (Å²) in [4.78, 5) is 12.1. The van der Waals surface area contributed by atoms with E-state index in [1.165, 1.54) is 23.7 Å². The minimum absolute atomic E-state index is 0.0131. The summed E-state index contributed by atoms with van der Waals surface area (Å²) in [7, 11) is 0. The Labute approximate surface area is 105 Å². The van der Waals surface area contributed by atoms with Crippen LogP contribution in [0.3, 0.4) is 0 Å². The average Bonchev–Trinajstić information content (AvgIpc) is 2.96. The maximum Gasteiger partial charge on any atom is 0.172 e. The van der Waals surface area contributed by atoms with Gasteiger partial charge in [-0.05, 0) is 36.0 Å². The minimum Gasteiger partial charge on any atom is -0.383 e. The number of carbonyl (C=O) groups excluding carboxylic acids is 1. The molecule has 0 aliphatic heterocycles. The second-order valence-corrected chi connectivity index (χ2v) is 4.75. The van der Waals surface area contributed by atoms with Crippen LogP contribution in [0.15, 0.2) is 24.4 Å². The first-order chi connectivity index (χ1) is 8.74. The second kappa shape index (κ2) is 4.29. The molecule has 0 saturated heterocycles. The normalized spacial score (nSPS) is 13.6. The number of benzene rings is 1. The molecule has 92 valence electrons. The summed E-state index contributed by atoms with van der Waals surface area (Å²) in [6.07, 6.45) is 5.40. The van der Waals surface area contributed by atoms with Crippen LogP contribution in [-0.2, 0) is 19.3 Å². The van der Waals surface area contributed by atoms with E-state index in [1.54, 1.807) is 0 Å². The van der Waals surface area contributed by atoms with Crippen LogP contribution < -0.4 is 5.73 Å². The number of aryl methyl sites for hydroxylation is 2. The number of nitrogens with two attached hydrogens (primary N) is 1. The molecule has 2 aromatic rings. The Morgan fingerprint density at radius 1 is 1.33 bits per heavy atom. The Bertz CT molecular complexity index is 601. The summed E-state index contributed by atoms with van der Waals surface area (Å²) in [6, 6.07) is 6.33. The lowest BCUT2D eigenvalue weighted by atomic mass is 10.0. The van der Waals surface area contributed by atoms with Crippen molar-refractivity contribution in [3.8, 4) is 0 Å². The van der Waals surface area contributed by atoms with Gasteiger partial charge in [0.25, 0.3) is 0 Å². The van der Waals surface area contributed by atoms with Gasteiger partial charge in [-0.15, -0.1) is 0 Å². The van der Waals surface area contributed by atoms with Gasteiger partial charge in [0.05, 0.1) is 11.8 Å². The first kappa shape index (κ1) is 11.0. The number of H-pyrrole nitrogens is 1. The fraction of sp³-hybridized carbons (Fsp3) is 0.286. The molecule has 1 aliphatic rings. The number of hydrogen-bond acceptors (Lipinski definition) is 3. The summed E-state index contributed by atoms with van der Waals surface area (Å²) < 4.78 is 0. The van der Waals surface area contributed by atoms with E-state index in [-0.39, 0.29) is 5.78 Å². The molecule has 3 N–H and O–H groups in total. The van der Waals surface area contributed by atoms with Gasteiger partial charge in [0.15, 0.2) is 5.78 Å². The van der Waals surface area contributed by atoms with Gasteiger partial charge in [-0.2, -0.15) is 5.10 Å². The number of hydrogen-bond donors (Lipinski definition) is 2. The van der Waals surface area contributed by atoms with Crippen LogP contribution >= 0.6 is 0 Å². The smallest absolute Gasteiger partial charge is 0.172 e. The van der Waals surface area contributed by atoms with Crippen LogP contribution in [0.1, 0.15) is 33.5 Å². The monoisotopic (exact) mass is 241 g/mol. The summed E-state index contributed by atoms with van der Waals surface area (Å²) in [5, 5.41) is 6.36. The summed E-state index contributed by atoms with van der Waals surface area (Å²) in [5.41, 5.74) is 10.00. The number of Topliss-reactive ketones (excluding diaryl/α,β-unsaturated/α-hetero) is 1. The van der Waals surface area contributed by atoms with Crippen LogP contribution in [-0.4, -0.2) is 16.0 Å². The Hall–Kier alpha value is -2.10. The predicted octanol–water partition coefficient (Wildman–Crippen LogP) is 1.91. The molecule has 0 fully saturated rings. The van der Waals surface area contributed by atoms with Gasteiger partial charge < -0.3 is 5.73 Å². The van der Waals surface area contributed by atoms with Crippen molar-refractivity contribution in [1.29, 1.82) is 0 Å². The zero-order valence-electron chi connectivity index (χ0n) is 10.1. The number of nitrogen functional groups attached to an aromatic ring is 1. The molecule has 0 amide bonds. The molecule has 0 unspecified atom stereocenters. The summed E-state index contributed by atoms with van der Waals surface area (Å²) in [5.74, 6) is 0.361. The maximum atomic E-state index is 12.1. The van der Waals surface area contributed by atoms with Crippen molar-refractivity contribution in [2.24, 2.45) is 0 Å². The SMILES string of the molecule is Nc1[nH]ncc1C(=O)Cc1ccc2c(c1)CCC2. The summed E-state index contributed by atoms with van der Waals surface area (Å²) >= 11 is 0. The highest BCUT2D eigenvalue weighted by molar-refractivity contribution is 6.01. The molecule has 1 aliphatic carbocycles. The molecule has 1 aromatic carbocycles. The molecule has 18 heavy (non-hydrogen) atoms. The van der Waals surface area contributed by atoms with Crippen LogP contribution in [0, 0.1) is 0 Å². The van der Waals surface area contributed by atoms with Gasteiger partial charge in [0.2, 0.25) is 0 Å². The van der Waals surface area contributed by atoms with E-state index in [4.69, 9.17) is 5.73 Å². The number of carbonyl (C=O) groups is 1. The molecular formula is C14H15N3O. The third kappa shape index (κ3) is 1.90. The zero-order chi connectivity index (χ0) is 12.5. The highest BCUT2D eigenvalue weighted by Gasteiger charge is 2.15. The van der Waals surface area contributed by atoms with Gasteiger partial charge in [-0.3, -0.25) is 9.89 Å². The molecule has 0 saturated carbocycles. The molecule has 4 nitrogen and oxygen atoms in total. The number of ketones is 1. The van der Waals surface area contributed by atoms with Gasteiger partial charge in [-0.1, -0.05) is 18.2 Å². The van der Waals surface area contributed by atoms with Crippen molar-refractivity contribution >= 4 is 11.6 Å². The molecule has 0 radical (unpaired) electrons. The standard InChI is InChI=1S/C14H15N3O/c15-14-12(8-16-17-14)13(18)7-9-4-5-10-2-1-3-11(10)6-9/h4-6,8H,1-3,7H2,(H3,15,16,17). The third-order valence-corrected chi connectivity index (χ3v) is 3.50. The van der Waals surface area contributed by atoms with E-state index in [1.807, 2.05) is 6.07 Å². The van der Waals surface area contributed by atoms with Crippen LogP contribution in [0.25, 0.3) is 0 Å². The molecule has 1 aromatic heterocycles. The van der Waals surface area contributed by atoms with Crippen LogP contribution in [0.2, 0.25) is 0 Å². The van der Waals surface area contributed by atoms with Crippen LogP contribution in [0.5, 0.6) is 0 Å². The van der Waals surface area contributed by atoms with Gasteiger partial charge >= 0.3 is 0 Å². The molecule has 0 atom stereocenters. The lowest BCUT2D eigenvalue weighted by molar-refractivity contribution is 0.0994. The Kier molecular flexibility index (Phi) is 2.63. The number of aromatic amines is 1. The number of anilines is 1. The lowest BCUT2D eigenvalue weighted by Gasteiger charge is -2.04. The van der Waals surface area contributed by atoms with E-state index in [0.717, 1.165) is 18.4 Å². The Morgan fingerprint density at radius 2 is 2.17 bits per heavy atom. The average molecular weight is 241 g/mol. The molecular weight excluding hydrogens is 226 g/mol. The van der Waals surface area contributed by atoms with E-state index >= 15 is 0 Å². The van der Waals surface area contributed by atoms with Crippen molar-refractivity contribution in [3.05, 3.63) is 46.6 Å². The number of aromatic nitrogens is 2. The number of nitrogens with one attached hydrogen (secondary N) is 1. The number of nitrogens with zero attached hydrogens (tertiary/aromatic N) is 1. The van der Waals surface area contributed by atoms with Gasteiger partial charge in [0, 0.05) is 6.42 Å². The highest BCUT2D eigenvalue weighted by Crippen LogP contribution is 2.23.